The van der Waals surface area contributed by atoms with Gasteiger partial charge in [-0.25, -0.2) is 9.97 Å². The highest BCUT2D eigenvalue weighted by Crippen LogP contribution is 2.34. The number of rotatable bonds is 1. The van der Waals surface area contributed by atoms with Crippen molar-refractivity contribution >= 4 is 22.8 Å². The number of imidazole rings is 1. The van der Waals surface area contributed by atoms with Crippen molar-refractivity contribution < 1.29 is 0 Å². The lowest BCUT2D eigenvalue weighted by Crippen LogP contribution is -2.11. The molecule has 0 radical (unpaired) electrons. The van der Waals surface area contributed by atoms with Crippen molar-refractivity contribution in [2.75, 3.05) is 5.73 Å². The summed E-state index contributed by atoms with van der Waals surface area (Å²) in [6, 6.07) is 3.82. The lowest BCUT2D eigenvalue weighted by Gasteiger charge is -2.23. The smallest absolute Gasteiger partial charge is 0.207 e. The summed E-state index contributed by atoms with van der Waals surface area (Å²) in [4.78, 5) is 8.82. The van der Waals surface area contributed by atoms with E-state index in [0.717, 1.165) is 23.3 Å². The fraction of sp³-hybridized carbons (Fsp3) is 0.412. The molecule has 1 unspecified atom stereocenters. The molecule has 1 atom stereocenters. The maximum Gasteiger partial charge on any atom is 0.207 e. The van der Waals surface area contributed by atoms with Crippen LogP contribution in [0.3, 0.4) is 0 Å². The van der Waals surface area contributed by atoms with Gasteiger partial charge in [-0.1, -0.05) is 26.8 Å². The molecule has 2 aromatic rings. The molecule has 0 saturated carbocycles. The minimum atomic E-state index is 0.505. The van der Waals surface area contributed by atoms with Crippen LogP contribution in [0.4, 0.5) is 5.95 Å². The highest BCUT2D eigenvalue weighted by Gasteiger charge is 2.20. The summed E-state index contributed by atoms with van der Waals surface area (Å²) in [6.07, 6.45) is 5.12. The van der Waals surface area contributed by atoms with Crippen LogP contribution in [-0.4, -0.2) is 14.5 Å². The third-order valence-electron chi connectivity index (χ3n) is 3.61. The maximum absolute atomic E-state index is 6.09. The first-order valence-electron chi connectivity index (χ1n) is 7.56. The highest BCUT2D eigenvalue weighted by molar-refractivity contribution is 5.83. The van der Waals surface area contributed by atoms with Gasteiger partial charge < -0.3 is 5.73 Å². The Morgan fingerprint density at radius 1 is 1.29 bits per heavy atom. The second kappa shape index (κ2) is 6.12. The van der Waals surface area contributed by atoms with Crippen molar-refractivity contribution in [2.24, 2.45) is 5.92 Å². The van der Waals surface area contributed by atoms with E-state index in [1.807, 2.05) is 30.5 Å². The fourth-order valence-electron chi connectivity index (χ4n) is 3.00. The molecule has 1 aliphatic carbocycles. The monoisotopic (exact) mass is 284 g/mol. The molecule has 0 fully saturated rings. The third-order valence-corrected chi connectivity index (χ3v) is 3.61. The number of hydrogen-bond acceptors (Lipinski definition) is 3. The van der Waals surface area contributed by atoms with Gasteiger partial charge in [0.1, 0.15) is 5.52 Å². The van der Waals surface area contributed by atoms with Crippen LogP contribution in [0.1, 0.15) is 41.0 Å². The van der Waals surface area contributed by atoms with Gasteiger partial charge in [-0.3, -0.25) is 4.57 Å². The van der Waals surface area contributed by atoms with E-state index in [0.29, 0.717) is 11.9 Å². The van der Waals surface area contributed by atoms with Crippen LogP contribution < -0.4 is 5.73 Å². The van der Waals surface area contributed by atoms with Gasteiger partial charge in [0.2, 0.25) is 5.95 Å². The molecule has 0 aliphatic heterocycles. The summed E-state index contributed by atoms with van der Waals surface area (Å²) in [7, 11) is 0. The third kappa shape index (κ3) is 2.71. The summed E-state index contributed by atoms with van der Waals surface area (Å²) in [5, 5.41) is 0. The summed E-state index contributed by atoms with van der Waals surface area (Å²) < 4.78 is 1.97. The SMILES string of the molecule is CC.CC1=CC(C)CC(C)=C1n1c(N)nc2cccnc21. The molecule has 0 aromatic carbocycles. The number of anilines is 1. The lowest BCUT2D eigenvalue weighted by molar-refractivity contribution is 0.697. The molecule has 0 amide bonds. The molecule has 4 nitrogen and oxygen atoms in total. The Morgan fingerprint density at radius 3 is 2.67 bits per heavy atom. The molecular formula is C17H24N4. The van der Waals surface area contributed by atoms with Crippen LogP contribution in [0.2, 0.25) is 0 Å². The van der Waals surface area contributed by atoms with Crippen LogP contribution in [0.15, 0.2) is 35.6 Å². The largest absolute Gasteiger partial charge is 0.369 e. The summed E-state index contributed by atoms with van der Waals surface area (Å²) in [5.41, 5.74) is 11.5. The predicted octanol–water partition coefficient (Wildman–Crippen LogP) is 4.26. The van der Waals surface area contributed by atoms with Gasteiger partial charge in [0.25, 0.3) is 0 Å². The summed E-state index contributed by atoms with van der Waals surface area (Å²) in [5.74, 6) is 1.08. The summed E-state index contributed by atoms with van der Waals surface area (Å²) >= 11 is 0. The number of nitrogens with two attached hydrogens (primary N) is 1. The first kappa shape index (κ1) is 15.3. The minimum Gasteiger partial charge on any atom is -0.369 e. The Balaban J connectivity index is 0.000000774. The Hall–Kier alpha value is -2.10. The van der Waals surface area contributed by atoms with E-state index in [9.17, 15) is 0 Å². The lowest BCUT2D eigenvalue weighted by atomic mass is 9.90. The molecule has 21 heavy (non-hydrogen) atoms. The molecule has 2 N–H and O–H groups in total. The van der Waals surface area contributed by atoms with E-state index in [2.05, 4.69) is 36.8 Å². The molecule has 2 heterocycles. The number of pyridine rings is 1. The molecular weight excluding hydrogens is 260 g/mol. The first-order chi connectivity index (χ1) is 10.1. The van der Waals surface area contributed by atoms with E-state index in [1.165, 1.54) is 11.1 Å². The normalized spacial score (nSPS) is 18.3. The van der Waals surface area contributed by atoms with Crippen LogP contribution >= 0.6 is 0 Å². The molecule has 112 valence electrons. The van der Waals surface area contributed by atoms with Crippen molar-refractivity contribution in [2.45, 2.75) is 41.0 Å². The van der Waals surface area contributed by atoms with Gasteiger partial charge in [-0.15, -0.1) is 0 Å². The quantitative estimate of drug-likeness (QED) is 0.851. The van der Waals surface area contributed by atoms with Gasteiger partial charge in [-0.2, -0.15) is 0 Å². The van der Waals surface area contributed by atoms with Gasteiger partial charge in [0.15, 0.2) is 5.65 Å². The van der Waals surface area contributed by atoms with E-state index in [4.69, 9.17) is 5.73 Å². The van der Waals surface area contributed by atoms with E-state index < -0.39 is 0 Å². The molecule has 0 bridgehead atoms. The van der Waals surface area contributed by atoms with E-state index in [1.54, 1.807) is 6.20 Å². The number of fused-ring (bicyclic) bond motifs is 1. The fourth-order valence-corrected chi connectivity index (χ4v) is 3.00. The molecule has 2 aromatic heterocycles. The zero-order chi connectivity index (χ0) is 15.6. The second-order valence-corrected chi connectivity index (χ2v) is 5.31. The summed E-state index contributed by atoms with van der Waals surface area (Å²) in [6.45, 7) is 10.5. The van der Waals surface area contributed by atoms with Crippen molar-refractivity contribution in [3.63, 3.8) is 0 Å². The maximum atomic E-state index is 6.09. The van der Waals surface area contributed by atoms with E-state index >= 15 is 0 Å². The number of aromatic nitrogens is 3. The first-order valence-corrected chi connectivity index (χ1v) is 7.56. The van der Waals surface area contributed by atoms with Crippen molar-refractivity contribution in [1.29, 1.82) is 0 Å². The van der Waals surface area contributed by atoms with Crippen LogP contribution in [-0.2, 0) is 0 Å². The molecule has 0 spiro atoms. The number of nitrogens with zero attached hydrogens (tertiary/aromatic N) is 3. The Kier molecular flexibility index (Phi) is 4.46. The second-order valence-electron chi connectivity index (χ2n) is 5.31. The molecule has 3 rings (SSSR count). The van der Waals surface area contributed by atoms with Crippen molar-refractivity contribution in [3.05, 3.63) is 35.6 Å². The zero-order valence-electron chi connectivity index (χ0n) is 13.5. The minimum absolute atomic E-state index is 0.505. The van der Waals surface area contributed by atoms with E-state index in [-0.39, 0.29) is 0 Å². The highest BCUT2D eigenvalue weighted by atomic mass is 15.2. The van der Waals surface area contributed by atoms with Crippen molar-refractivity contribution in [3.8, 4) is 0 Å². The Bertz CT molecular complexity index is 707. The molecule has 0 saturated heterocycles. The predicted molar refractivity (Wildman–Crippen MR) is 89.7 cm³/mol. The molecule has 1 aliphatic rings. The topological polar surface area (TPSA) is 56.7 Å². The number of nitrogen functional groups attached to an aromatic ring is 1. The Morgan fingerprint density at radius 2 is 2.00 bits per heavy atom. The van der Waals surface area contributed by atoms with Gasteiger partial charge in [0, 0.05) is 6.20 Å². The molecule has 4 heteroatoms. The van der Waals surface area contributed by atoms with Gasteiger partial charge >= 0.3 is 0 Å². The van der Waals surface area contributed by atoms with Gasteiger partial charge in [0.05, 0.1) is 5.70 Å². The zero-order valence-corrected chi connectivity index (χ0v) is 13.5. The van der Waals surface area contributed by atoms with Crippen LogP contribution in [0.5, 0.6) is 0 Å². The van der Waals surface area contributed by atoms with Crippen LogP contribution in [0, 0.1) is 5.92 Å². The van der Waals surface area contributed by atoms with Crippen LogP contribution in [0.25, 0.3) is 16.9 Å². The van der Waals surface area contributed by atoms with Gasteiger partial charge in [-0.05, 0) is 49.5 Å². The average Bonchev–Trinajstić information content (AvgIpc) is 2.77. The number of hydrogen-bond donors (Lipinski definition) is 1. The standard InChI is InChI=1S/C15H18N4.C2H6/c1-9-7-10(2)13(11(3)8-9)19-14-12(18-15(19)16)5-4-6-17-14;1-2/h4-7,9H,8H2,1-3H3,(H2,16,18);1-2H3. The van der Waals surface area contributed by atoms with Crippen molar-refractivity contribution in [1.82, 2.24) is 14.5 Å². The number of allylic oxidation sites excluding steroid dienone is 4. The average molecular weight is 284 g/mol. The Labute approximate surface area is 126 Å².